The van der Waals surface area contributed by atoms with E-state index in [9.17, 15) is 4.79 Å². The summed E-state index contributed by atoms with van der Waals surface area (Å²) in [6, 6.07) is 9.70. The summed E-state index contributed by atoms with van der Waals surface area (Å²) in [6.07, 6.45) is 0.916. The van der Waals surface area contributed by atoms with E-state index in [1.54, 1.807) is 0 Å². The number of rotatable bonds is 8. The molecule has 1 amide bonds. The molecule has 0 atom stereocenters. The maximum atomic E-state index is 11.9. The predicted octanol–water partition coefficient (Wildman–Crippen LogP) is 2.30. The van der Waals surface area contributed by atoms with E-state index in [4.69, 9.17) is 4.74 Å². The molecule has 0 aliphatic rings. The van der Waals surface area contributed by atoms with Gasteiger partial charge in [-0.15, -0.1) is 0 Å². The van der Waals surface area contributed by atoms with Crippen LogP contribution in [-0.4, -0.2) is 43.1 Å². The lowest BCUT2D eigenvalue weighted by molar-refractivity contribution is -0.123. The Balaban J connectivity index is 2.23. The molecule has 4 nitrogen and oxygen atoms in total. The second-order valence-corrected chi connectivity index (χ2v) is 5.68. The fourth-order valence-corrected chi connectivity index (χ4v) is 1.67. The predicted molar refractivity (Wildman–Crippen MR) is 81.9 cm³/mol. The van der Waals surface area contributed by atoms with Crippen LogP contribution in [0.4, 0.5) is 0 Å². The van der Waals surface area contributed by atoms with Crippen LogP contribution in [0.5, 0.6) is 5.75 Å². The van der Waals surface area contributed by atoms with Crippen molar-refractivity contribution in [3.63, 3.8) is 0 Å². The molecule has 0 aliphatic carbocycles. The molecule has 0 bridgehead atoms. The zero-order valence-corrected chi connectivity index (χ0v) is 13.0. The first-order valence-corrected chi connectivity index (χ1v) is 7.10. The van der Waals surface area contributed by atoms with E-state index in [0.717, 1.165) is 18.7 Å². The van der Waals surface area contributed by atoms with Gasteiger partial charge in [-0.3, -0.25) is 9.69 Å². The van der Waals surface area contributed by atoms with Crippen molar-refractivity contribution in [1.82, 2.24) is 10.2 Å². The molecule has 0 unspecified atom stereocenters. The SMILES string of the molecule is CCC(C)(C)NC(=O)CN(C)CCOc1ccccc1. The van der Waals surface area contributed by atoms with E-state index < -0.39 is 0 Å². The van der Waals surface area contributed by atoms with Gasteiger partial charge in [-0.1, -0.05) is 25.1 Å². The molecular formula is C16H26N2O2. The number of hydrogen-bond acceptors (Lipinski definition) is 3. The maximum Gasteiger partial charge on any atom is 0.234 e. The summed E-state index contributed by atoms with van der Waals surface area (Å²) in [6.45, 7) is 7.81. The molecule has 1 aromatic rings. The van der Waals surface area contributed by atoms with Crippen LogP contribution in [0.1, 0.15) is 27.2 Å². The summed E-state index contributed by atoms with van der Waals surface area (Å²) in [5.74, 6) is 0.913. The number of carbonyl (C=O) groups is 1. The zero-order valence-electron chi connectivity index (χ0n) is 13.0. The summed E-state index contributed by atoms with van der Waals surface area (Å²) in [5.41, 5.74) is -0.140. The van der Waals surface area contributed by atoms with Gasteiger partial charge in [-0.2, -0.15) is 0 Å². The molecule has 0 saturated heterocycles. The molecule has 20 heavy (non-hydrogen) atoms. The Bertz CT molecular complexity index is 404. The maximum absolute atomic E-state index is 11.9. The van der Waals surface area contributed by atoms with E-state index in [2.05, 4.69) is 12.2 Å². The second kappa shape index (κ2) is 7.90. The normalized spacial score (nSPS) is 11.4. The van der Waals surface area contributed by atoms with Gasteiger partial charge in [0.05, 0.1) is 6.54 Å². The van der Waals surface area contributed by atoms with Crippen LogP contribution in [0.25, 0.3) is 0 Å². The number of benzene rings is 1. The summed E-state index contributed by atoms with van der Waals surface area (Å²) >= 11 is 0. The highest BCUT2D eigenvalue weighted by molar-refractivity contribution is 5.78. The molecule has 0 heterocycles. The molecule has 1 aromatic carbocycles. The Labute approximate surface area is 122 Å². The van der Waals surface area contributed by atoms with Gasteiger partial charge in [0.25, 0.3) is 0 Å². The molecule has 0 spiro atoms. The Morgan fingerprint density at radius 3 is 2.55 bits per heavy atom. The van der Waals surface area contributed by atoms with Crippen molar-refractivity contribution < 1.29 is 9.53 Å². The highest BCUT2D eigenvalue weighted by Crippen LogP contribution is 2.08. The van der Waals surface area contributed by atoms with Gasteiger partial charge in [-0.05, 0) is 39.4 Å². The van der Waals surface area contributed by atoms with Crippen molar-refractivity contribution in [3.05, 3.63) is 30.3 Å². The Kier molecular flexibility index (Phi) is 6.52. The fraction of sp³-hybridized carbons (Fsp3) is 0.562. The number of carbonyl (C=O) groups excluding carboxylic acids is 1. The van der Waals surface area contributed by atoms with Crippen molar-refractivity contribution in [1.29, 1.82) is 0 Å². The summed E-state index contributed by atoms with van der Waals surface area (Å²) in [5, 5.41) is 3.02. The van der Waals surface area contributed by atoms with Crippen LogP contribution in [0, 0.1) is 0 Å². The standard InChI is InChI=1S/C16H26N2O2/c1-5-16(2,3)17-15(19)13-18(4)11-12-20-14-9-7-6-8-10-14/h6-10H,5,11-13H2,1-4H3,(H,17,19). The number of nitrogens with zero attached hydrogens (tertiary/aromatic N) is 1. The zero-order chi connectivity index (χ0) is 15.0. The highest BCUT2D eigenvalue weighted by atomic mass is 16.5. The molecule has 0 radical (unpaired) electrons. The molecule has 112 valence electrons. The average molecular weight is 278 g/mol. The lowest BCUT2D eigenvalue weighted by Gasteiger charge is -2.26. The van der Waals surface area contributed by atoms with Crippen LogP contribution in [0.2, 0.25) is 0 Å². The molecule has 0 fully saturated rings. The van der Waals surface area contributed by atoms with Gasteiger partial charge >= 0.3 is 0 Å². The summed E-state index contributed by atoms with van der Waals surface area (Å²) < 4.78 is 5.61. The number of para-hydroxylation sites is 1. The van der Waals surface area contributed by atoms with Crippen LogP contribution >= 0.6 is 0 Å². The van der Waals surface area contributed by atoms with E-state index >= 15 is 0 Å². The molecule has 1 N–H and O–H groups in total. The molecular weight excluding hydrogens is 252 g/mol. The van der Waals surface area contributed by atoms with Crippen molar-refractivity contribution in [2.45, 2.75) is 32.7 Å². The minimum Gasteiger partial charge on any atom is -0.492 e. The molecule has 1 rings (SSSR count). The lowest BCUT2D eigenvalue weighted by atomic mass is 10.0. The minimum absolute atomic E-state index is 0.0547. The quantitative estimate of drug-likeness (QED) is 0.793. The van der Waals surface area contributed by atoms with Crippen LogP contribution in [-0.2, 0) is 4.79 Å². The minimum atomic E-state index is -0.140. The first-order chi connectivity index (χ1) is 9.43. The average Bonchev–Trinajstić information content (AvgIpc) is 2.39. The van der Waals surface area contributed by atoms with Gasteiger partial charge in [0.2, 0.25) is 5.91 Å². The van der Waals surface area contributed by atoms with E-state index in [-0.39, 0.29) is 11.4 Å². The largest absolute Gasteiger partial charge is 0.492 e. The molecule has 0 saturated carbocycles. The number of hydrogen-bond donors (Lipinski definition) is 1. The number of nitrogens with one attached hydrogen (secondary N) is 1. The highest BCUT2D eigenvalue weighted by Gasteiger charge is 2.18. The van der Waals surface area contributed by atoms with Gasteiger partial charge in [0.15, 0.2) is 0 Å². The number of likely N-dealkylation sites (N-methyl/N-ethyl adjacent to an activating group) is 1. The van der Waals surface area contributed by atoms with Crippen LogP contribution in [0.3, 0.4) is 0 Å². The monoisotopic (exact) mass is 278 g/mol. The lowest BCUT2D eigenvalue weighted by Crippen LogP contribution is -2.47. The first-order valence-electron chi connectivity index (χ1n) is 7.10. The molecule has 4 heteroatoms. The first kappa shape index (κ1) is 16.5. The smallest absolute Gasteiger partial charge is 0.234 e. The van der Waals surface area contributed by atoms with Gasteiger partial charge in [0.1, 0.15) is 12.4 Å². The van der Waals surface area contributed by atoms with Crippen LogP contribution in [0.15, 0.2) is 30.3 Å². The molecule has 0 aromatic heterocycles. The Hall–Kier alpha value is -1.55. The van der Waals surface area contributed by atoms with E-state index in [1.165, 1.54) is 0 Å². The van der Waals surface area contributed by atoms with Gasteiger partial charge < -0.3 is 10.1 Å². The van der Waals surface area contributed by atoms with Crippen LogP contribution < -0.4 is 10.1 Å². The Morgan fingerprint density at radius 1 is 1.30 bits per heavy atom. The van der Waals surface area contributed by atoms with Gasteiger partial charge in [-0.25, -0.2) is 0 Å². The fourth-order valence-electron chi connectivity index (χ4n) is 1.67. The third kappa shape index (κ3) is 6.57. The van der Waals surface area contributed by atoms with Crippen molar-refractivity contribution in [3.8, 4) is 5.75 Å². The Morgan fingerprint density at radius 2 is 1.95 bits per heavy atom. The third-order valence-electron chi connectivity index (χ3n) is 3.26. The second-order valence-electron chi connectivity index (χ2n) is 5.68. The number of ether oxygens (including phenoxy) is 1. The third-order valence-corrected chi connectivity index (χ3v) is 3.26. The summed E-state index contributed by atoms with van der Waals surface area (Å²) in [7, 11) is 1.92. The molecule has 0 aliphatic heterocycles. The van der Waals surface area contributed by atoms with Crippen molar-refractivity contribution in [2.75, 3.05) is 26.7 Å². The van der Waals surface area contributed by atoms with E-state index in [0.29, 0.717) is 13.2 Å². The topological polar surface area (TPSA) is 41.6 Å². The number of amides is 1. The van der Waals surface area contributed by atoms with Crippen molar-refractivity contribution >= 4 is 5.91 Å². The summed E-state index contributed by atoms with van der Waals surface area (Å²) in [4.78, 5) is 13.8. The van der Waals surface area contributed by atoms with Gasteiger partial charge in [0, 0.05) is 12.1 Å². The van der Waals surface area contributed by atoms with Crippen molar-refractivity contribution in [2.24, 2.45) is 0 Å². The van der Waals surface area contributed by atoms with E-state index in [1.807, 2.05) is 56.1 Å².